The molecular weight excluding hydrogens is 348 g/mol. The molecule has 112 valence electrons. The lowest BCUT2D eigenvalue weighted by atomic mass is 10.0. The van der Waals surface area contributed by atoms with Gasteiger partial charge in [0.25, 0.3) is 0 Å². The minimum absolute atomic E-state index is 0. The second-order valence-electron chi connectivity index (χ2n) is 5.46. The maximum atomic E-state index is 5.95. The van der Waals surface area contributed by atoms with Crippen molar-refractivity contribution in [2.75, 3.05) is 13.1 Å². The van der Waals surface area contributed by atoms with E-state index in [1.54, 1.807) is 0 Å². The Kier molecular flexibility index (Phi) is 5.82. The first-order valence-electron chi connectivity index (χ1n) is 7.04. The molecule has 0 aromatic heterocycles. The van der Waals surface area contributed by atoms with E-state index in [4.69, 9.17) is 5.73 Å². The summed E-state index contributed by atoms with van der Waals surface area (Å²) in [5.41, 5.74) is 9.79. The number of nitrogens with two attached hydrogens (primary N) is 1. The highest BCUT2D eigenvalue weighted by molar-refractivity contribution is 9.10. The van der Waals surface area contributed by atoms with Crippen LogP contribution in [-0.4, -0.2) is 24.0 Å². The molecule has 0 saturated carbocycles. The van der Waals surface area contributed by atoms with E-state index in [0.717, 1.165) is 30.5 Å². The maximum Gasteiger partial charge on any atom is 0.0253 e. The summed E-state index contributed by atoms with van der Waals surface area (Å²) in [5.74, 6) is 0. The molecule has 0 radical (unpaired) electrons. The Morgan fingerprint density at radius 1 is 1.10 bits per heavy atom. The molecule has 0 amide bonds. The fourth-order valence-electron chi connectivity index (χ4n) is 2.75. The zero-order chi connectivity index (χ0) is 13.9. The molecular formula is C17H20BrClN2. The summed E-state index contributed by atoms with van der Waals surface area (Å²) in [6, 6.07) is 17.5. The first-order chi connectivity index (χ1) is 9.72. The van der Waals surface area contributed by atoms with Gasteiger partial charge in [-0.25, -0.2) is 0 Å². The summed E-state index contributed by atoms with van der Waals surface area (Å²) in [7, 11) is 0. The quantitative estimate of drug-likeness (QED) is 0.886. The number of hydrogen-bond acceptors (Lipinski definition) is 2. The fourth-order valence-corrected chi connectivity index (χ4v) is 3.26. The fraction of sp³-hybridized carbons (Fsp3) is 0.294. The molecule has 0 spiro atoms. The Hall–Kier alpha value is -0.870. The number of likely N-dealkylation sites (tertiary alicyclic amines) is 1. The van der Waals surface area contributed by atoms with Crippen LogP contribution < -0.4 is 5.73 Å². The highest BCUT2D eigenvalue weighted by Crippen LogP contribution is 2.28. The summed E-state index contributed by atoms with van der Waals surface area (Å²) in [6.07, 6.45) is 1.12. The maximum absolute atomic E-state index is 5.95. The van der Waals surface area contributed by atoms with Crippen LogP contribution in [0.5, 0.6) is 0 Å². The van der Waals surface area contributed by atoms with E-state index < -0.39 is 0 Å². The highest BCUT2D eigenvalue weighted by Gasteiger charge is 2.18. The van der Waals surface area contributed by atoms with E-state index in [9.17, 15) is 0 Å². The van der Waals surface area contributed by atoms with Gasteiger partial charge in [-0.15, -0.1) is 12.4 Å². The lowest BCUT2D eigenvalue weighted by Crippen LogP contribution is -2.26. The van der Waals surface area contributed by atoms with Crippen molar-refractivity contribution in [3.05, 3.63) is 58.6 Å². The van der Waals surface area contributed by atoms with Crippen LogP contribution in [0.25, 0.3) is 11.1 Å². The van der Waals surface area contributed by atoms with Crippen LogP contribution in [0.15, 0.2) is 53.0 Å². The van der Waals surface area contributed by atoms with Gasteiger partial charge in [0, 0.05) is 30.1 Å². The van der Waals surface area contributed by atoms with Crippen molar-refractivity contribution < 1.29 is 0 Å². The Morgan fingerprint density at radius 2 is 1.81 bits per heavy atom. The second-order valence-corrected chi connectivity index (χ2v) is 6.31. The SMILES string of the molecule is Cl.N[C@H]1CCN(Cc2ccc(-c3ccccc3Br)cc2)C1. The predicted molar refractivity (Wildman–Crippen MR) is 94.7 cm³/mol. The topological polar surface area (TPSA) is 29.3 Å². The number of nitrogens with zero attached hydrogens (tertiary/aromatic N) is 1. The average molecular weight is 368 g/mol. The number of halogens is 2. The Morgan fingerprint density at radius 3 is 2.43 bits per heavy atom. The Bertz CT molecular complexity index is 586. The number of rotatable bonds is 3. The van der Waals surface area contributed by atoms with Crippen LogP contribution in [0.3, 0.4) is 0 Å². The van der Waals surface area contributed by atoms with Crippen molar-refractivity contribution >= 4 is 28.3 Å². The van der Waals surface area contributed by atoms with Gasteiger partial charge in [-0.1, -0.05) is 58.4 Å². The molecule has 2 N–H and O–H groups in total. The van der Waals surface area contributed by atoms with E-state index in [2.05, 4.69) is 63.3 Å². The third-order valence-electron chi connectivity index (χ3n) is 3.85. The van der Waals surface area contributed by atoms with Crippen molar-refractivity contribution in [2.45, 2.75) is 19.0 Å². The van der Waals surface area contributed by atoms with E-state index >= 15 is 0 Å². The third-order valence-corrected chi connectivity index (χ3v) is 4.55. The molecule has 0 unspecified atom stereocenters. The van der Waals surface area contributed by atoms with E-state index in [1.165, 1.54) is 16.7 Å². The van der Waals surface area contributed by atoms with E-state index in [0.29, 0.717) is 6.04 Å². The van der Waals surface area contributed by atoms with Crippen molar-refractivity contribution in [1.82, 2.24) is 4.90 Å². The van der Waals surface area contributed by atoms with Gasteiger partial charge in [0.05, 0.1) is 0 Å². The average Bonchev–Trinajstić information content (AvgIpc) is 2.86. The summed E-state index contributed by atoms with van der Waals surface area (Å²) in [5, 5.41) is 0. The molecule has 4 heteroatoms. The van der Waals surface area contributed by atoms with Gasteiger partial charge < -0.3 is 5.73 Å². The zero-order valence-corrected chi connectivity index (χ0v) is 14.2. The van der Waals surface area contributed by atoms with E-state index in [1.807, 2.05) is 6.07 Å². The van der Waals surface area contributed by atoms with Gasteiger partial charge in [-0.05, 0) is 29.2 Å². The molecule has 1 heterocycles. The second kappa shape index (κ2) is 7.41. The highest BCUT2D eigenvalue weighted by atomic mass is 79.9. The smallest absolute Gasteiger partial charge is 0.0253 e. The van der Waals surface area contributed by atoms with Crippen LogP contribution in [0.1, 0.15) is 12.0 Å². The largest absolute Gasteiger partial charge is 0.326 e. The zero-order valence-electron chi connectivity index (χ0n) is 11.8. The summed E-state index contributed by atoms with van der Waals surface area (Å²) >= 11 is 3.61. The molecule has 1 aliphatic heterocycles. The van der Waals surface area contributed by atoms with Crippen LogP contribution >= 0.6 is 28.3 Å². The van der Waals surface area contributed by atoms with Gasteiger partial charge in [0.15, 0.2) is 0 Å². The number of benzene rings is 2. The van der Waals surface area contributed by atoms with Gasteiger partial charge in [-0.3, -0.25) is 4.90 Å². The molecule has 0 bridgehead atoms. The van der Waals surface area contributed by atoms with Gasteiger partial charge in [-0.2, -0.15) is 0 Å². The van der Waals surface area contributed by atoms with Crippen molar-refractivity contribution in [1.29, 1.82) is 0 Å². The molecule has 1 fully saturated rings. The Balaban J connectivity index is 0.00000161. The van der Waals surface area contributed by atoms with Crippen LogP contribution in [-0.2, 0) is 6.54 Å². The van der Waals surface area contributed by atoms with Crippen LogP contribution in [0, 0.1) is 0 Å². The first-order valence-corrected chi connectivity index (χ1v) is 7.83. The summed E-state index contributed by atoms with van der Waals surface area (Å²) in [6.45, 7) is 3.14. The molecule has 2 aromatic carbocycles. The first kappa shape index (κ1) is 16.5. The van der Waals surface area contributed by atoms with Crippen molar-refractivity contribution in [2.24, 2.45) is 5.73 Å². The number of hydrogen-bond donors (Lipinski definition) is 1. The van der Waals surface area contributed by atoms with Crippen LogP contribution in [0.4, 0.5) is 0 Å². The molecule has 1 atom stereocenters. The van der Waals surface area contributed by atoms with Gasteiger partial charge >= 0.3 is 0 Å². The molecule has 2 aromatic rings. The normalized spacial score (nSPS) is 18.5. The molecule has 3 rings (SSSR count). The van der Waals surface area contributed by atoms with Crippen molar-refractivity contribution in [3.63, 3.8) is 0 Å². The molecule has 1 aliphatic rings. The summed E-state index contributed by atoms with van der Waals surface area (Å²) in [4.78, 5) is 2.43. The van der Waals surface area contributed by atoms with Gasteiger partial charge in [0.2, 0.25) is 0 Å². The lowest BCUT2D eigenvalue weighted by molar-refractivity contribution is 0.327. The Labute approximate surface area is 140 Å². The molecule has 0 aliphatic carbocycles. The lowest BCUT2D eigenvalue weighted by Gasteiger charge is -2.15. The summed E-state index contributed by atoms with van der Waals surface area (Å²) < 4.78 is 1.14. The molecule has 21 heavy (non-hydrogen) atoms. The third kappa shape index (κ3) is 4.07. The minimum Gasteiger partial charge on any atom is -0.326 e. The van der Waals surface area contributed by atoms with Gasteiger partial charge in [0.1, 0.15) is 0 Å². The molecule has 1 saturated heterocycles. The minimum atomic E-state index is 0. The van der Waals surface area contributed by atoms with E-state index in [-0.39, 0.29) is 12.4 Å². The standard InChI is InChI=1S/C17H19BrN2.ClH/c18-17-4-2-1-3-16(17)14-7-5-13(6-8-14)11-20-10-9-15(19)12-20;/h1-8,15H,9-12,19H2;1H/t15-;/m0./s1. The van der Waals surface area contributed by atoms with Crippen LogP contribution in [0.2, 0.25) is 0 Å². The molecule has 2 nitrogen and oxygen atoms in total. The van der Waals surface area contributed by atoms with Crippen molar-refractivity contribution in [3.8, 4) is 11.1 Å². The monoisotopic (exact) mass is 366 g/mol. The predicted octanol–water partition coefficient (Wildman–Crippen LogP) is 4.07.